The Morgan fingerprint density at radius 3 is 2.54 bits per heavy atom. The third-order valence-electron chi connectivity index (χ3n) is 3.43. The quantitative estimate of drug-likeness (QED) is 0.516. The number of carbonyl (C=O) groups excluding carboxylic acids is 2. The number of aromatic carboxylic acids is 1. The summed E-state index contributed by atoms with van der Waals surface area (Å²) in [6.07, 6.45) is 1.43. The Labute approximate surface area is 148 Å². The van der Waals surface area contributed by atoms with Gasteiger partial charge in [-0.2, -0.15) is 0 Å². The number of aliphatic imine (C=N–C) groups is 1. The molecule has 7 heteroatoms. The maximum Gasteiger partial charge on any atom is 0.363 e. The third-order valence-corrected chi connectivity index (χ3v) is 3.43. The van der Waals surface area contributed by atoms with Crippen LogP contribution in [0.5, 0.6) is 5.75 Å². The maximum atomic E-state index is 12.0. The van der Waals surface area contributed by atoms with Crippen molar-refractivity contribution in [2.75, 3.05) is 0 Å². The Bertz CT molecular complexity index is 959. The van der Waals surface area contributed by atoms with Crippen LogP contribution in [0.25, 0.3) is 6.08 Å². The highest BCUT2D eigenvalue weighted by Gasteiger charge is 2.24. The molecule has 0 saturated carbocycles. The largest absolute Gasteiger partial charge is 0.478 e. The second kappa shape index (κ2) is 7.02. The van der Waals surface area contributed by atoms with E-state index in [9.17, 15) is 14.4 Å². The molecule has 2 aromatic carbocycles. The molecule has 130 valence electrons. The number of ether oxygens (including phenoxy) is 2. The molecule has 0 aliphatic carbocycles. The molecule has 0 unspecified atom stereocenters. The van der Waals surface area contributed by atoms with Crippen LogP contribution >= 0.6 is 0 Å². The average molecular weight is 351 g/mol. The fourth-order valence-electron chi connectivity index (χ4n) is 2.32. The second-order valence-corrected chi connectivity index (χ2v) is 5.36. The summed E-state index contributed by atoms with van der Waals surface area (Å²) in [4.78, 5) is 38.6. The summed E-state index contributed by atoms with van der Waals surface area (Å²) in [6, 6.07) is 13.1. The maximum absolute atomic E-state index is 12.0. The van der Waals surface area contributed by atoms with Crippen LogP contribution < -0.4 is 4.74 Å². The molecule has 0 saturated heterocycles. The topological polar surface area (TPSA) is 102 Å². The van der Waals surface area contributed by atoms with Crippen LogP contribution in [0.1, 0.15) is 28.4 Å². The number of hydrogen-bond acceptors (Lipinski definition) is 6. The molecule has 26 heavy (non-hydrogen) atoms. The minimum atomic E-state index is -1.23. The Kier molecular flexibility index (Phi) is 4.62. The SMILES string of the molecule is CC(=O)Oc1cc(/C=C2\N=C(c3ccccc3)OC2=O)ccc1C(=O)O. The van der Waals surface area contributed by atoms with Gasteiger partial charge in [-0.3, -0.25) is 4.79 Å². The monoisotopic (exact) mass is 351 g/mol. The molecule has 1 aliphatic rings. The van der Waals surface area contributed by atoms with Gasteiger partial charge >= 0.3 is 17.9 Å². The molecule has 0 aromatic heterocycles. The van der Waals surface area contributed by atoms with Crippen molar-refractivity contribution in [2.45, 2.75) is 6.92 Å². The zero-order valence-electron chi connectivity index (χ0n) is 13.6. The summed E-state index contributed by atoms with van der Waals surface area (Å²) in [5, 5.41) is 9.15. The average Bonchev–Trinajstić information content (AvgIpc) is 2.96. The molecule has 1 heterocycles. The lowest BCUT2D eigenvalue weighted by Gasteiger charge is -2.06. The van der Waals surface area contributed by atoms with Crippen LogP contribution in [-0.4, -0.2) is 28.9 Å². The van der Waals surface area contributed by atoms with Crippen LogP contribution in [0.4, 0.5) is 0 Å². The van der Waals surface area contributed by atoms with E-state index in [2.05, 4.69) is 4.99 Å². The van der Waals surface area contributed by atoms with E-state index < -0.39 is 17.9 Å². The molecular formula is C19H13NO6. The van der Waals surface area contributed by atoms with Gasteiger partial charge < -0.3 is 14.6 Å². The van der Waals surface area contributed by atoms with Crippen LogP contribution in [0.3, 0.4) is 0 Å². The number of hydrogen-bond donors (Lipinski definition) is 1. The minimum absolute atomic E-state index is 0.0562. The Balaban J connectivity index is 1.96. The fourth-order valence-corrected chi connectivity index (χ4v) is 2.32. The highest BCUT2D eigenvalue weighted by atomic mass is 16.6. The number of esters is 2. The summed E-state index contributed by atoms with van der Waals surface area (Å²) in [5.41, 5.74) is 0.993. The zero-order chi connectivity index (χ0) is 18.7. The van der Waals surface area contributed by atoms with E-state index in [1.54, 1.807) is 24.3 Å². The van der Waals surface area contributed by atoms with Gasteiger partial charge in [-0.25, -0.2) is 14.6 Å². The van der Waals surface area contributed by atoms with Gasteiger partial charge in [-0.15, -0.1) is 0 Å². The molecular weight excluding hydrogens is 338 g/mol. The van der Waals surface area contributed by atoms with E-state index in [0.717, 1.165) is 0 Å². The normalized spacial score (nSPS) is 14.7. The predicted molar refractivity (Wildman–Crippen MR) is 91.8 cm³/mol. The van der Waals surface area contributed by atoms with E-state index in [-0.39, 0.29) is 22.9 Å². The van der Waals surface area contributed by atoms with E-state index in [0.29, 0.717) is 11.1 Å². The molecule has 0 radical (unpaired) electrons. The van der Waals surface area contributed by atoms with Crippen LogP contribution in [0, 0.1) is 0 Å². The first-order valence-corrected chi connectivity index (χ1v) is 7.58. The minimum Gasteiger partial charge on any atom is -0.478 e. The van der Waals surface area contributed by atoms with Gasteiger partial charge in [0.25, 0.3) is 0 Å². The number of benzene rings is 2. The van der Waals surface area contributed by atoms with E-state index in [1.807, 2.05) is 6.07 Å². The summed E-state index contributed by atoms with van der Waals surface area (Å²) in [5.74, 6) is -2.44. The first-order chi connectivity index (χ1) is 12.4. The smallest absolute Gasteiger partial charge is 0.363 e. The van der Waals surface area contributed by atoms with Gasteiger partial charge in [-0.05, 0) is 35.9 Å². The molecule has 3 rings (SSSR count). The zero-order valence-corrected chi connectivity index (χ0v) is 13.6. The third kappa shape index (κ3) is 3.67. The Morgan fingerprint density at radius 1 is 1.15 bits per heavy atom. The number of carboxylic acids is 1. The number of carboxylic acid groups (broad SMARTS) is 1. The molecule has 0 fully saturated rings. The number of carbonyl (C=O) groups is 3. The number of rotatable bonds is 4. The summed E-state index contributed by atoms with van der Waals surface area (Å²) >= 11 is 0. The lowest BCUT2D eigenvalue weighted by molar-refractivity contribution is -0.132. The summed E-state index contributed by atoms with van der Waals surface area (Å²) in [7, 11) is 0. The van der Waals surface area contributed by atoms with Crippen LogP contribution in [-0.2, 0) is 14.3 Å². The molecule has 1 aliphatic heterocycles. The van der Waals surface area contributed by atoms with E-state index >= 15 is 0 Å². The van der Waals surface area contributed by atoms with Gasteiger partial charge in [0, 0.05) is 12.5 Å². The fraction of sp³-hybridized carbons (Fsp3) is 0.0526. The Hall–Kier alpha value is -3.74. The summed E-state index contributed by atoms with van der Waals surface area (Å²) in [6.45, 7) is 1.17. The molecule has 2 aromatic rings. The predicted octanol–water partition coefficient (Wildman–Crippen LogP) is 2.65. The van der Waals surface area contributed by atoms with Crippen molar-refractivity contribution >= 4 is 29.9 Å². The molecule has 0 spiro atoms. The first kappa shape index (κ1) is 17.1. The van der Waals surface area contributed by atoms with Crippen molar-refractivity contribution in [3.8, 4) is 5.75 Å². The van der Waals surface area contributed by atoms with Crippen molar-refractivity contribution in [3.63, 3.8) is 0 Å². The lowest BCUT2D eigenvalue weighted by Crippen LogP contribution is -2.07. The van der Waals surface area contributed by atoms with Gasteiger partial charge in [0.2, 0.25) is 5.90 Å². The number of nitrogens with zero attached hydrogens (tertiary/aromatic N) is 1. The Morgan fingerprint density at radius 2 is 1.88 bits per heavy atom. The van der Waals surface area contributed by atoms with Gasteiger partial charge in [0.15, 0.2) is 5.70 Å². The molecule has 7 nitrogen and oxygen atoms in total. The first-order valence-electron chi connectivity index (χ1n) is 7.58. The van der Waals surface area contributed by atoms with Crippen molar-refractivity contribution in [2.24, 2.45) is 4.99 Å². The van der Waals surface area contributed by atoms with Gasteiger partial charge in [0.05, 0.1) is 0 Å². The molecule has 0 atom stereocenters. The van der Waals surface area contributed by atoms with Crippen molar-refractivity contribution < 1.29 is 29.0 Å². The van der Waals surface area contributed by atoms with E-state index in [1.165, 1.54) is 31.2 Å². The molecule has 0 bridgehead atoms. The summed E-state index contributed by atoms with van der Waals surface area (Å²) < 4.78 is 10.1. The molecule has 0 amide bonds. The second-order valence-electron chi connectivity index (χ2n) is 5.36. The highest BCUT2D eigenvalue weighted by Crippen LogP contribution is 2.24. The van der Waals surface area contributed by atoms with Crippen molar-refractivity contribution in [1.82, 2.24) is 0 Å². The molecule has 1 N–H and O–H groups in total. The standard InChI is InChI=1S/C19H13NO6/c1-11(21)25-16-10-12(7-8-14(16)18(22)23)9-15-19(24)26-17(20-15)13-5-3-2-4-6-13/h2-10H,1H3,(H,22,23)/b15-9-. The van der Waals surface area contributed by atoms with Gasteiger partial charge in [0.1, 0.15) is 11.3 Å². The van der Waals surface area contributed by atoms with Crippen LogP contribution in [0.2, 0.25) is 0 Å². The lowest BCUT2D eigenvalue weighted by atomic mass is 10.1. The van der Waals surface area contributed by atoms with E-state index in [4.69, 9.17) is 14.6 Å². The number of cyclic esters (lactones) is 1. The van der Waals surface area contributed by atoms with Crippen LogP contribution in [0.15, 0.2) is 59.2 Å². The highest BCUT2D eigenvalue weighted by molar-refractivity contribution is 6.12. The van der Waals surface area contributed by atoms with Gasteiger partial charge in [-0.1, -0.05) is 24.3 Å². The van der Waals surface area contributed by atoms with Crippen molar-refractivity contribution in [1.29, 1.82) is 0 Å². The van der Waals surface area contributed by atoms with Crippen molar-refractivity contribution in [3.05, 3.63) is 70.9 Å².